The Bertz CT molecular complexity index is 367. The maximum Gasteiger partial charge on any atom is 0.225 e. The minimum absolute atomic E-state index is 0.0875. The molecule has 6 nitrogen and oxygen atoms in total. The average molecular weight is 298 g/mol. The van der Waals surface area contributed by atoms with Crippen LogP contribution in [0, 0.1) is 5.92 Å². The fourth-order valence-corrected chi connectivity index (χ4v) is 3.55. The van der Waals surface area contributed by atoms with Crippen molar-refractivity contribution >= 4 is 5.91 Å². The molecule has 0 saturated carbocycles. The van der Waals surface area contributed by atoms with Gasteiger partial charge in [-0.3, -0.25) is 9.69 Å². The molecule has 1 amide bonds. The minimum atomic E-state index is -0.752. The predicted octanol–water partition coefficient (Wildman–Crippen LogP) is -0.291. The van der Waals surface area contributed by atoms with Gasteiger partial charge in [-0.2, -0.15) is 0 Å². The van der Waals surface area contributed by atoms with Gasteiger partial charge in [-0.05, 0) is 19.3 Å². The van der Waals surface area contributed by atoms with E-state index in [9.17, 15) is 9.90 Å². The molecule has 0 aromatic rings. The van der Waals surface area contributed by atoms with E-state index in [-0.39, 0.29) is 11.8 Å². The number of morpholine rings is 1. The summed E-state index contributed by atoms with van der Waals surface area (Å²) in [5.41, 5.74) is -0.752. The lowest BCUT2D eigenvalue weighted by Gasteiger charge is -2.34. The summed E-state index contributed by atoms with van der Waals surface area (Å²) in [6.07, 6.45) is 2.31. The SMILES string of the molecule is O=C(C1CCOCC1)N1CC[C@](O)(CN2CCOCC2)C1. The van der Waals surface area contributed by atoms with Gasteiger partial charge in [0.05, 0.1) is 25.4 Å². The fraction of sp³-hybridized carbons (Fsp3) is 0.933. The van der Waals surface area contributed by atoms with E-state index in [1.165, 1.54) is 0 Å². The first-order chi connectivity index (χ1) is 10.2. The number of nitrogens with zero attached hydrogens (tertiary/aromatic N) is 2. The molecule has 0 unspecified atom stereocenters. The minimum Gasteiger partial charge on any atom is -0.387 e. The monoisotopic (exact) mass is 298 g/mol. The third kappa shape index (κ3) is 3.74. The molecule has 3 saturated heterocycles. The third-order valence-corrected chi connectivity index (χ3v) is 4.84. The molecule has 3 heterocycles. The Morgan fingerprint density at radius 2 is 1.76 bits per heavy atom. The Labute approximate surface area is 126 Å². The molecular formula is C15H26N2O4. The van der Waals surface area contributed by atoms with Crippen LogP contribution in [-0.4, -0.2) is 85.6 Å². The van der Waals surface area contributed by atoms with Gasteiger partial charge >= 0.3 is 0 Å². The summed E-state index contributed by atoms with van der Waals surface area (Å²) in [5.74, 6) is 0.292. The second-order valence-electron chi connectivity index (χ2n) is 6.51. The summed E-state index contributed by atoms with van der Waals surface area (Å²) in [6, 6.07) is 0. The van der Waals surface area contributed by atoms with E-state index in [1.54, 1.807) is 0 Å². The molecule has 0 aliphatic carbocycles. The van der Waals surface area contributed by atoms with Gasteiger partial charge in [-0.15, -0.1) is 0 Å². The van der Waals surface area contributed by atoms with E-state index in [1.807, 2.05) is 4.90 Å². The number of β-amino-alcohol motifs (C(OH)–C–C–N with tert-alkyl or cyclic N) is 1. The van der Waals surface area contributed by atoms with Gasteiger partial charge in [0.25, 0.3) is 0 Å². The smallest absolute Gasteiger partial charge is 0.225 e. The quantitative estimate of drug-likeness (QED) is 0.776. The second-order valence-corrected chi connectivity index (χ2v) is 6.51. The number of rotatable bonds is 3. The lowest BCUT2D eigenvalue weighted by atomic mass is 9.98. The van der Waals surface area contributed by atoms with E-state index in [4.69, 9.17) is 9.47 Å². The standard InChI is InChI=1S/C15H26N2O4/c18-14(13-1-7-20-8-2-13)17-4-3-15(19,12-17)11-16-5-9-21-10-6-16/h13,19H,1-12H2/t15-/m0/s1. The van der Waals surface area contributed by atoms with Crippen LogP contribution in [0.3, 0.4) is 0 Å². The van der Waals surface area contributed by atoms with Crippen LogP contribution in [-0.2, 0) is 14.3 Å². The van der Waals surface area contributed by atoms with Crippen LogP contribution in [0.2, 0.25) is 0 Å². The highest BCUT2D eigenvalue weighted by Crippen LogP contribution is 2.26. The van der Waals surface area contributed by atoms with E-state index in [2.05, 4.69) is 4.90 Å². The van der Waals surface area contributed by atoms with Gasteiger partial charge in [0.15, 0.2) is 0 Å². The number of hydrogen-bond acceptors (Lipinski definition) is 5. The van der Waals surface area contributed by atoms with Crippen LogP contribution >= 0.6 is 0 Å². The lowest BCUT2D eigenvalue weighted by molar-refractivity contribution is -0.138. The topological polar surface area (TPSA) is 62.2 Å². The summed E-state index contributed by atoms with van der Waals surface area (Å²) in [7, 11) is 0. The first-order valence-electron chi connectivity index (χ1n) is 8.05. The normalized spacial score (nSPS) is 32.5. The van der Waals surface area contributed by atoms with Crippen LogP contribution in [0.25, 0.3) is 0 Å². The highest BCUT2D eigenvalue weighted by molar-refractivity contribution is 5.79. The Balaban J connectivity index is 1.52. The zero-order valence-corrected chi connectivity index (χ0v) is 12.6. The zero-order valence-electron chi connectivity index (χ0n) is 12.6. The molecule has 0 radical (unpaired) electrons. The fourth-order valence-electron chi connectivity index (χ4n) is 3.55. The van der Waals surface area contributed by atoms with Crippen molar-refractivity contribution in [3.05, 3.63) is 0 Å². The largest absolute Gasteiger partial charge is 0.387 e. The molecule has 1 atom stereocenters. The molecule has 6 heteroatoms. The molecule has 0 aromatic carbocycles. The van der Waals surface area contributed by atoms with Crippen molar-refractivity contribution in [3.8, 4) is 0 Å². The average Bonchev–Trinajstić information content (AvgIpc) is 2.90. The molecule has 3 aliphatic rings. The highest BCUT2D eigenvalue weighted by Gasteiger charge is 2.41. The third-order valence-electron chi connectivity index (χ3n) is 4.84. The van der Waals surface area contributed by atoms with Crippen molar-refractivity contribution in [1.82, 2.24) is 9.80 Å². The molecule has 21 heavy (non-hydrogen) atoms. The summed E-state index contributed by atoms with van der Waals surface area (Å²) in [4.78, 5) is 16.6. The molecule has 0 spiro atoms. The number of hydrogen-bond donors (Lipinski definition) is 1. The number of carbonyl (C=O) groups is 1. The first kappa shape index (κ1) is 15.2. The van der Waals surface area contributed by atoms with Crippen LogP contribution in [0.4, 0.5) is 0 Å². The van der Waals surface area contributed by atoms with Gasteiger partial charge < -0.3 is 19.5 Å². The first-order valence-corrected chi connectivity index (χ1v) is 8.05. The molecule has 3 rings (SSSR count). The molecule has 3 fully saturated rings. The Hall–Kier alpha value is -0.690. The van der Waals surface area contributed by atoms with Gasteiger partial charge in [-0.1, -0.05) is 0 Å². The van der Waals surface area contributed by atoms with Gasteiger partial charge in [0.2, 0.25) is 5.91 Å². The Morgan fingerprint density at radius 3 is 2.48 bits per heavy atom. The second kappa shape index (κ2) is 6.60. The summed E-state index contributed by atoms with van der Waals surface area (Å²) in [5, 5.41) is 10.8. The predicted molar refractivity (Wildman–Crippen MR) is 76.9 cm³/mol. The maximum absolute atomic E-state index is 12.5. The van der Waals surface area contributed by atoms with Crippen molar-refractivity contribution in [2.45, 2.75) is 24.9 Å². The van der Waals surface area contributed by atoms with Gasteiger partial charge in [0.1, 0.15) is 0 Å². The van der Waals surface area contributed by atoms with Crippen molar-refractivity contribution in [2.75, 3.05) is 59.2 Å². The Morgan fingerprint density at radius 1 is 1.10 bits per heavy atom. The summed E-state index contributed by atoms with van der Waals surface area (Å²) in [6.45, 7) is 6.38. The van der Waals surface area contributed by atoms with E-state index >= 15 is 0 Å². The number of ether oxygens (including phenoxy) is 2. The van der Waals surface area contributed by atoms with Crippen molar-refractivity contribution in [1.29, 1.82) is 0 Å². The van der Waals surface area contributed by atoms with Crippen LogP contribution in [0.1, 0.15) is 19.3 Å². The summed E-state index contributed by atoms with van der Waals surface area (Å²) < 4.78 is 10.7. The number of likely N-dealkylation sites (tertiary alicyclic amines) is 1. The molecule has 3 aliphatic heterocycles. The summed E-state index contributed by atoms with van der Waals surface area (Å²) >= 11 is 0. The van der Waals surface area contributed by atoms with Crippen molar-refractivity contribution in [3.63, 3.8) is 0 Å². The van der Waals surface area contributed by atoms with Crippen LogP contribution < -0.4 is 0 Å². The number of aliphatic hydroxyl groups is 1. The van der Waals surface area contributed by atoms with Gasteiger partial charge in [-0.25, -0.2) is 0 Å². The Kier molecular flexibility index (Phi) is 4.78. The molecule has 0 aromatic heterocycles. The van der Waals surface area contributed by atoms with Crippen molar-refractivity contribution in [2.24, 2.45) is 5.92 Å². The zero-order chi connectivity index (χ0) is 14.7. The molecular weight excluding hydrogens is 272 g/mol. The molecule has 1 N–H and O–H groups in total. The van der Waals surface area contributed by atoms with E-state index < -0.39 is 5.60 Å². The van der Waals surface area contributed by atoms with Crippen LogP contribution in [0.15, 0.2) is 0 Å². The van der Waals surface area contributed by atoms with E-state index in [0.29, 0.717) is 39.3 Å². The van der Waals surface area contributed by atoms with E-state index in [0.717, 1.165) is 39.1 Å². The number of amides is 1. The maximum atomic E-state index is 12.5. The lowest BCUT2D eigenvalue weighted by Crippen LogP contribution is -2.49. The van der Waals surface area contributed by atoms with Crippen molar-refractivity contribution < 1.29 is 19.4 Å². The number of carbonyl (C=O) groups excluding carboxylic acids is 1. The molecule has 0 bridgehead atoms. The van der Waals surface area contributed by atoms with Crippen LogP contribution in [0.5, 0.6) is 0 Å². The van der Waals surface area contributed by atoms with Gasteiger partial charge in [0, 0.05) is 45.3 Å². The highest BCUT2D eigenvalue weighted by atomic mass is 16.5. The molecule has 120 valence electrons.